The van der Waals surface area contributed by atoms with Crippen molar-refractivity contribution in [2.75, 3.05) is 0 Å². The van der Waals surface area contributed by atoms with Crippen molar-refractivity contribution in [3.05, 3.63) is 34.4 Å². The predicted octanol–water partition coefficient (Wildman–Crippen LogP) is 4.69. The van der Waals surface area contributed by atoms with Crippen LogP contribution in [0.25, 0.3) is 0 Å². The molecule has 2 N–H and O–H groups in total. The smallest absolute Gasteiger partial charge is 0.249 e. The van der Waals surface area contributed by atoms with E-state index < -0.39 is 0 Å². The van der Waals surface area contributed by atoms with Gasteiger partial charge in [0.25, 0.3) is 0 Å². The van der Waals surface area contributed by atoms with E-state index in [0.29, 0.717) is 17.8 Å². The fraction of sp³-hybridized carbons (Fsp3) is 0.611. The van der Waals surface area contributed by atoms with Gasteiger partial charge in [0.2, 0.25) is 5.91 Å². The lowest BCUT2D eigenvalue weighted by molar-refractivity contribution is 0.0997. The minimum atomic E-state index is -0.282. The van der Waals surface area contributed by atoms with Crippen LogP contribution in [0.5, 0.6) is 0 Å². The van der Waals surface area contributed by atoms with Crippen LogP contribution in [0.15, 0.2) is 12.1 Å². The van der Waals surface area contributed by atoms with Crippen molar-refractivity contribution in [3.63, 3.8) is 0 Å². The third-order valence-corrected chi connectivity index (χ3v) is 4.54. The third-order valence-electron chi connectivity index (χ3n) is 4.54. The Morgan fingerprint density at radius 3 is 1.85 bits per heavy atom. The second kappa shape index (κ2) is 5.99. The zero-order valence-electron chi connectivity index (χ0n) is 13.2. The van der Waals surface area contributed by atoms with Crippen molar-refractivity contribution >= 4 is 5.91 Å². The van der Waals surface area contributed by atoms with E-state index in [0.717, 1.165) is 16.7 Å². The van der Waals surface area contributed by atoms with Crippen LogP contribution < -0.4 is 5.73 Å². The van der Waals surface area contributed by atoms with Crippen molar-refractivity contribution in [2.24, 2.45) is 5.73 Å². The normalized spacial score (nSPS) is 16.3. The van der Waals surface area contributed by atoms with E-state index in [1.165, 1.54) is 31.2 Å². The van der Waals surface area contributed by atoms with Crippen LogP contribution in [-0.2, 0) is 0 Å². The van der Waals surface area contributed by atoms with E-state index in [1.54, 1.807) is 0 Å². The second-order valence-electron chi connectivity index (χ2n) is 6.73. The van der Waals surface area contributed by atoms with E-state index in [2.05, 4.69) is 39.8 Å². The summed E-state index contributed by atoms with van der Waals surface area (Å²) in [5.41, 5.74) is 10.1. The average Bonchev–Trinajstić information content (AvgIpc) is 2.90. The van der Waals surface area contributed by atoms with Gasteiger partial charge in [0, 0.05) is 5.56 Å². The molecule has 0 aromatic heterocycles. The number of nitrogens with two attached hydrogens (primary N) is 1. The average molecular weight is 273 g/mol. The Morgan fingerprint density at radius 1 is 1.05 bits per heavy atom. The molecular weight excluding hydrogens is 246 g/mol. The lowest BCUT2D eigenvalue weighted by Crippen LogP contribution is -2.19. The molecular formula is C18H27NO. The molecule has 0 aliphatic heterocycles. The first-order valence-corrected chi connectivity index (χ1v) is 7.89. The first-order valence-electron chi connectivity index (χ1n) is 7.89. The van der Waals surface area contributed by atoms with Gasteiger partial charge in [0.15, 0.2) is 0 Å². The van der Waals surface area contributed by atoms with Crippen molar-refractivity contribution in [1.29, 1.82) is 0 Å². The molecule has 1 aliphatic rings. The highest BCUT2D eigenvalue weighted by Crippen LogP contribution is 2.38. The van der Waals surface area contributed by atoms with Crippen LogP contribution >= 0.6 is 0 Å². The molecule has 0 unspecified atom stereocenters. The highest BCUT2D eigenvalue weighted by molar-refractivity contribution is 5.96. The van der Waals surface area contributed by atoms with Gasteiger partial charge >= 0.3 is 0 Å². The predicted molar refractivity (Wildman–Crippen MR) is 84.3 cm³/mol. The van der Waals surface area contributed by atoms with Crippen LogP contribution in [0.1, 0.15) is 98.2 Å². The van der Waals surface area contributed by atoms with Gasteiger partial charge in [-0.05, 0) is 47.3 Å². The van der Waals surface area contributed by atoms with Crippen molar-refractivity contribution in [3.8, 4) is 0 Å². The Kier molecular flexibility index (Phi) is 4.52. The Bertz CT molecular complexity index is 467. The molecule has 1 amide bonds. The van der Waals surface area contributed by atoms with E-state index in [-0.39, 0.29) is 5.91 Å². The summed E-state index contributed by atoms with van der Waals surface area (Å²) >= 11 is 0. The minimum absolute atomic E-state index is 0.282. The highest BCUT2D eigenvalue weighted by atomic mass is 16.1. The lowest BCUT2D eigenvalue weighted by Gasteiger charge is -2.22. The molecule has 1 saturated carbocycles. The summed E-state index contributed by atoms with van der Waals surface area (Å²) in [5, 5.41) is 0. The number of hydrogen-bond acceptors (Lipinski definition) is 1. The summed E-state index contributed by atoms with van der Waals surface area (Å²) in [7, 11) is 0. The quantitative estimate of drug-likeness (QED) is 0.849. The molecule has 1 fully saturated rings. The maximum absolute atomic E-state index is 11.9. The van der Waals surface area contributed by atoms with Gasteiger partial charge in [-0.2, -0.15) is 0 Å². The zero-order valence-corrected chi connectivity index (χ0v) is 13.2. The summed E-state index contributed by atoms with van der Waals surface area (Å²) in [5.74, 6) is 1.05. The molecule has 0 saturated heterocycles. The topological polar surface area (TPSA) is 43.1 Å². The molecule has 20 heavy (non-hydrogen) atoms. The lowest BCUT2D eigenvalue weighted by atomic mass is 9.83. The molecule has 110 valence electrons. The monoisotopic (exact) mass is 273 g/mol. The molecule has 2 nitrogen and oxygen atoms in total. The van der Waals surface area contributed by atoms with Crippen molar-refractivity contribution in [2.45, 2.75) is 71.1 Å². The fourth-order valence-electron chi connectivity index (χ4n) is 3.40. The largest absolute Gasteiger partial charge is 0.366 e. The van der Waals surface area contributed by atoms with Crippen LogP contribution in [0.3, 0.4) is 0 Å². The first-order chi connectivity index (χ1) is 9.41. The van der Waals surface area contributed by atoms with Gasteiger partial charge in [-0.1, -0.05) is 52.7 Å². The minimum Gasteiger partial charge on any atom is -0.366 e. The molecule has 0 heterocycles. The van der Waals surface area contributed by atoms with E-state index in [1.807, 2.05) is 0 Å². The Hall–Kier alpha value is -1.31. The summed E-state index contributed by atoms with van der Waals surface area (Å²) < 4.78 is 0. The van der Waals surface area contributed by atoms with Gasteiger partial charge in [0.1, 0.15) is 0 Å². The van der Waals surface area contributed by atoms with Gasteiger partial charge < -0.3 is 5.73 Å². The molecule has 0 radical (unpaired) electrons. The number of carbonyl (C=O) groups excluding carboxylic acids is 1. The van der Waals surface area contributed by atoms with E-state index in [9.17, 15) is 4.79 Å². The number of benzene rings is 1. The Balaban J connectivity index is 2.59. The molecule has 2 rings (SSSR count). The number of primary amides is 1. The van der Waals surface area contributed by atoms with Gasteiger partial charge in [-0.15, -0.1) is 0 Å². The number of amides is 1. The van der Waals surface area contributed by atoms with Gasteiger partial charge in [0.05, 0.1) is 0 Å². The fourth-order valence-corrected chi connectivity index (χ4v) is 3.40. The maximum atomic E-state index is 11.9. The second-order valence-corrected chi connectivity index (χ2v) is 6.73. The number of rotatable bonds is 4. The van der Waals surface area contributed by atoms with Crippen LogP contribution in [0.4, 0.5) is 0 Å². The standard InChI is InChI=1S/C18H27NO/c1-11(2)15-9-14(13-7-5-6-8-13)10-16(12(3)4)17(15)18(19)20/h9-13H,5-8H2,1-4H3,(H2,19,20). The van der Waals surface area contributed by atoms with Crippen molar-refractivity contribution < 1.29 is 4.79 Å². The maximum Gasteiger partial charge on any atom is 0.249 e. The molecule has 2 heteroatoms. The summed E-state index contributed by atoms with van der Waals surface area (Å²) in [6, 6.07) is 4.49. The zero-order chi connectivity index (χ0) is 14.9. The first kappa shape index (κ1) is 15.1. The third kappa shape index (κ3) is 2.89. The Labute approximate surface area is 122 Å². The molecule has 1 aromatic rings. The molecule has 1 aliphatic carbocycles. The molecule has 0 spiro atoms. The van der Waals surface area contributed by atoms with Crippen molar-refractivity contribution in [1.82, 2.24) is 0 Å². The van der Waals surface area contributed by atoms with Gasteiger partial charge in [-0.25, -0.2) is 0 Å². The van der Waals surface area contributed by atoms with Gasteiger partial charge in [-0.3, -0.25) is 4.79 Å². The highest BCUT2D eigenvalue weighted by Gasteiger charge is 2.23. The van der Waals surface area contributed by atoms with E-state index in [4.69, 9.17) is 5.73 Å². The van der Waals surface area contributed by atoms with Crippen LogP contribution in [-0.4, -0.2) is 5.91 Å². The van der Waals surface area contributed by atoms with Crippen LogP contribution in [0, 0.1) is 0 Å². The SMILES string of the molecule is CC(C)c1cc(C2CCCC2)cc(C(C)C)c1C(N)=O. The van der Waals surface area contributed by atoms with E-state index >= 15 is 0 Å². The molecule has 1 aromatic carbocycles. The summed E-state index contributed by atoms with van der Waals surface area (Å²) in [6.45, 7) is 8.57. The molecule has 0 atom stereocenters. The van der Waals surface area contributed by atoms with Crippen LogP contribution in [0.2, 0.25) is 0 Å². The summed E-state index contributed by atoms with van der Waals surface area (Å²) in [6.07, 6.45) is 5.22. The molecule has 0 bridgehead atoms. The number of hydrogen-bond donors (Lipinski definition) is 1. The summed E-state index contributed by atoms with van der Waals surface area (Å²) in [4.78, 5) is 11.9. The Morgan fingerprint density at radius 2 is 1.50 bits per heavy atom. The number of carbonyl (C=O) groups is 1.